The van der Waals surface area contributed by atoms with Crippen LogP contribution in [0.15, 0.2) is 97.1 Å². The summed E-state index contributed by atoms with van der Waals surface area (Å²) in [6.45, 7) is -0.160. The number of alkyl halides is 3. The Labute approximate surface area is 227 Å². The number of rotatable bonds is 8. The summed E-state index contributed by atoms with van der Waals surface area (Å²) in [5, 5.41) is 5.33. The SMILES string of the molecule is N[As](c1cccc(C(=O)NCc2cccc(F)c2)c1)c1ccccc1C(=O)NCc1ccccc1C(F)(F)F. The molecule has 39 heavy (non-hydrogen) atoms. The Balaban J connectivity index is 1.49. The van der Waals surface area contributed by atoms with E-state index in [1.54, 1.807) is 60.7 Å². The second kappa shape index (κ2) is 12.3. The zero-order chi connectivity index (χ0) is 28.0. The van der Waals surface area contributed by atoms with E-state index in [0.29, 0.717) is 19.8 Å². The summed E-state index contributed by atoms with van der Waals surface area (Å²) in [4.78, 5) is 25.8. The molecular weight excluding hydrogens is 573 g/mol. The van der Waals surface area contributed by atoms with Crippen molar-refractivity contribution < 1.29 is 27.2 Å². The average molecular weight is 597 g/mol. The topological polar surface area (TPSA) is 84.2 Å². The Hall–Kier alpha value is -3.94. The molecule has 0 saturated carbocycles. The first-order valence-corrected chi connectivity index (χ1v) is 14.8. The van der Waals surface area contributed by atoms with Crippen molar-refractivity contribution in [3.8, 4) is 0 Å². The third-order valence-electron chi connectivity index (χ3n) is 5.90. The predicted octanol–water partition coefficient (Wildman–Crippen LogP) is 3.77. The fourth-order valence-electron chi connectivity index (χ4n) is 3.96. The normalized spacial score (nSPS) is 12.0. The number of hydrogen-bond acceptors (Lipinski definition) is 3. The second-order valence-corrected chi connectivity index (χ2v) is 12.2. The van der Waals surface area contributed by atoms with Crippen molar-refractivity contribution >= 4 is 35.4 Å². The molecule has 0 aromatic heterocycles. The first-order chi connectivity index (χ1) is 18.6. The minimum atomic E-state index is -4.54. The van der Waals surface area contributed by atoms with Gasteiger partial charge in [-0.3, -0.25) is 0 Å². The van der Waals surface area contributed by atoms with Crippen LogP contribution in [0.4, 0.5) is 17.6 Å². The van der Waals surface area contributed by atoms with Crippen LogP contribution in [0.25, 0.3) is 0 Å². The van der Waals surface area contributed by atoms with Gasteiger partial charge in [-0.1, -0.05) is 0 Å². The van der Waals surface area contributed by atoms with Crippen molar-refractivity contribution in [1.29, 1.82) is 0 Å². The maximum absolute atomic E-state index is 13.4. The van der Waals surface area contributed by atoms with Gasteiger partial charge in [0, 0.05) is 0 Å². The Kier molecular flexibility index (Phi) is 8.84. The Morgan fingerprint density at radius 2 is 1.46 bits per heavy atom. The van der Waals surface area contributed by atoms with E-state index in [1.807, 2.05) is 0 Å². The molecule has 1 atom stereocenters. The summed E-state index contributed by atoms with van der Waals surface area (Å²) in [7, 11) is 0. The van der Waals surface area contributed by atoms with Gasteiger partial charge in [0.2, 0.25) is 0 Å². The molecule has 4 aromatic carbocycles. The predicted molar refractivity (Wildman–Crippen MR) is 142 cm³/mol. The first-order valence-electron chi connectivity index (χ1n) is 11.8. The molecule has 4 N–H and O–H groups in total. The van der Waals surface area contributed by atoms with E-state index in [2.05, 4.69) is 10.6 Å². The fourth-order valence-corrected chi connectivity index (χ4v) is 7.08. The van der Waals surface area contributed by atoms with E-state index in [-0.39, 0.29) is 30.1 Å². The van der Waals surface area contributed by atoms with Gasteiger partial charge >= 0.3 is 228 Å². The van der Waals surface area contributed by atoms with Gasteiger partial charge in [0.15, 0.2) is 0 Å². The van der Waals surface area contributed by atoms with Crippen LogP contribution < -0.4 is 24.0 Å². The minimum absolute atomic E-state index is 0.0464. The summed E-state index contributed by atoms with van der Waals surface area (Å²) in [5.41, 5.74) is 0.390. The van der Waals surface area contributed by atoms with Crippen molar-refractivity contribution in [3.63, 3.8) is 0 Å². The number of amides is 2. The summed E-state index contributed by atoms with van der Waals surface area (Å²) in [6, 6.07) is 24.4. The molecule has 2 amide bonds. The van der Waals surface area contributed by atoms with E-state index in [9.17, 15) is 27.2 Å². The second-order valence-electron chi connectivity index (χ2n) is 8.59. The van der Waals surface area contributed by atoms with Gasteiger partial charge in [0.25, 0.3) is 0 Å². The van der Waals surface area contributed by atoms with Gasteiger partial charge in [0.1, 0.15) is 0 Å². The molecular formula is C29H24AsF4N3O2. The number of benzene rings is 4. The molecule has 0 saturated heterocycles. The zero-order valence-electron chi connectivity index (χ0n) is 20.5. The van der Waals surface area contributed by atoms with Crippen LogP contribution in [0.5, 0.6) is 0 Å². The molecule has 0 aliphatic carbocycles. The molecule has 5 nitrogen and oxygen atoms in total. The molecule has 0 aliphatic heterocycles. The Bertz CT molecular complexity index is 1490. The van der Waals surface area contributed by atoms with E-state index >= 15 is 0 Å². The number of carbonyl (C=O) groups excluding carboxylic acids is 2. The average Bonchev–Trinajstić information content (AvgIpc) is 2.94. The summed E-state index contributed by atoms with van der Waals surface area (Å²) in [6.07, 6.45) is -4.54. The molecule has 0 fully saturated rings. The third kappa shape index (κ3) is 7.13. The quantitative estimate of drug-likeness (QED) is 0.214. The van der Waals surface area contributed by atoms with Gasteiger partial charge in [0.05, 0.1) is 0 Å². The van der Waals surface area contributed by atoms with Crippen LogP contribution in [0.3, 0.4) is 0 Å². The molecule has 0 spiro atoms. The van der Waals surface area contributed by atoms with Crippen molar-refractivity contribution in [2.24, 2.45) is 4.65 Å². The maximum atomic E-state index is 13.4. The number of hydrogen-bond donors (Lipinski definition) is 3. The molecule has 4 aromatic rings. The molecule has 0 bridgehead atoms. The van der Waals surface area contributed by atoms with E-state index in [0.717, 1.165) is 6.07 Å². The van der Waals surface area contributed by atoms with Crippen LogP contribution in [-0.2, 0) is 19.3 Å². The van der Waals surface area contributed by atoms with Gasteiger partial charge in [-0.15, -0.1) is 0 Å². The van der Waals surface area contributed by atoms with Gasteiger partial charge in [-0.25, -0.2) is 0 Å². The van der Waals surface area contributed by atoms with Crippen LogP contribution in [-0.4, -0.2) is 26.7 Å². The molecule has 0 heterocycles. The molecule has 200 valence electrons. The molecule has 4 rings (SSSR count). The van der Waals surface area contributed by atoms with Gasteiger partial charge in [-0.2, -0.15) is 0 Å². The van der Waals surface area contributed by atoms with E-state index in [4.69, 9.17) is 4.65 Å². The van der Waals surface area contributed by atoms with Crippen LogP contribution in [0.2, 0.25) is 0 Å². The van der Waals surface area contributed by atoms with Gasteiger partial charge < -0.3 is 0 Å². The van der Waals surface area contributed by atoms with Crippen LogP contribution >= 0.6 is 0 Å². The van der Waals surface area contributed by atoms with Crippen molar-refractivity contribution in [2.75, 3.05) is 0 Å². The molecule has 1 unspecified atom stereocenters. The van der Waals surface area contributed by atoms with E-state index < -0.39 is 38.3 Å². The summed E-state index contributed by atoms with van der Waals surface area (Å²) >= 11 is -2.56. The monoisotopic (exact) mass is 597 g/mol. The van der Waals surface area contributed by atoms with Crippen LogP contribution in [0.1, 0.15) is 37.4 Å². The molecule has 0 radical (unpaired) electrons. The number of nitrogens with one attached hydrogen (secondary N) is 2. The number of nitrogens with two attached hydrogens (primary N) is 1. The Morgan fingerprint density at radius 1 is 0.769 bits per heavy atom. The standard InChI is InChI=1S/C29H24AsF4N3O2/c31-23-11-5-7-19(15-23)17-36-27(38)20-9-6-10-22(16-20)30(35)26-14-4-2-12-24(26)28(39)37-18-21-8-1-3-13-25(21)29(32,33)34/h1-16H,17-18,35H2,(H,36,38)(H,37,39). The van der Waals surface area contributed by atoms with Crippen molar-refractivity contribution in [3.05, 3.63) is 131 Å². The molecule has 0 aliphatic rings. The Morgan fingerprint density at radius 3 is 2.23 bits per heavy atom. The van der Waals surface area contributed by atoms with Crippen molar-refractivity contribution in [2.45, 2.75) is 19.3 Å². The fraction of sp³-hybridized carbons (Fsp3) is 0.103. The summed E-state index contributed by atoms with van der Waals surface area (Å²) < 4.78 is 61.3. The van der Waals surface area contributed by atoms with Gasteiger partial charge in [-0.05, 0) is 0 Å². The first kappa shape index (κ1) is 28.1. The number of halogens is 4. The molecule has 10 heteroatoms. The van der Waals surface area contributed by atoms with E-state index in [1.165, 1.54) is 30.3 Å². The zero-order valence-corrected chi connectivity index (χ0v) is 22.4. The summed E-state index contributed by atoms with van der Waals surface area (Å²) in [5.74, 6) is -1.30. The third-order valence-corrected chi connectivity index (χ3v) is 9.56. The van der Waals surface area contributed by atoms with Crippen molar-refractivity contribution in [1.82, 2.24) is 10.6 Å². The van der Waals surface area contributed by atoms with Crippen LogP contribution in [0, 0.1) is 5.82 Å². The number of carbonyl (C=O) groups is 2.